The van der Waals surface area contributed by atoms with Crippen LogP contribution in [0.1, 0.15) is 0 Å². The Hall–Kier alpha value is -2.09. The Morgan fingerprint density at radius 3 is 2.76 bits per heavy atom. The molecule has 0 aliphatic rings. The number of nitrogens with one attached hydrogen (secondary N) is 1. The van der Waals surface area contributed by atoms with Crippen molar-refractivity contribution in [1.29, 1.82) is 0 Å². The molecule has 3 N–H and O–H groups in total. The van der Waals surface area contributed by atoms with Gasteiger partial charge in [-0.1, -0.05) is 6.07 Å². The van der Waals surface area contributed by atoms with Crippen LogP contribution >= 0.6 is 0 Å². The van der Waals surface area contributed by atoms with Gasteiger partial charge in [-0.25, -0.2) is 17.8 Å². The third-order valence-corrected chi connectivity index (χ3v) is 3.43. The van der Waals surface area contributed by atoms with Gasteiger partial charge in [0.15, 0.2) is 0 Å². The molecule has 90 valence electrons. The van der Waals surface area contributed by atoms with Gasteiger partial charge in [-0.3, -0.25) is 0 Å². The molecule has 1 heterocycles. The molecule has 0 atom stereocenters. The first-order valence-electron chi connectivity index (χ1n) is 4.71. The van der Waals surface area contributed by atoms with Crippen LogP contribution < -0.4 is 10.5 Å². The smallest absolute Gasteiger partial charge is 0.264 e. The van der Waals surface area contributed by atoms with Crippen molar-refractivity contribution < 1.29 is 8.42 Å². The number of sulfonamides is 1. The van der Waals surface area contributed by atoms with Crippen molar-refractivity contribution in [3.05, 3.63) is 30.6 Å². The molecule has 0 fully saturated rings. The van der Waals surface area contributed by atoms with Gasteiger partial charge in [0.2, 0.25) is 5.95 Å². The van der Waals surface area contributed by atoms with Gasteiger partial charge in [-0.05, 0) is 18.2 Å². The van der Waals surface area contributed by atoms with Gasteiger partial charge in [0.05, 0.1) is 4.90 Å². The number of rotatable bonds is 3. The van der Waals surface area contributed by atoms with Crippen LogP contribution in [0.3, 0.4) is 0 Å². The molecule has 7 nitrogen and oxygen atoms in total. The minimum atomic E-state index is -3.68. The summed E-state index contributed by atoms with van der Waals surface area (Å²) in [4.78, 5) is 3.86. The van der Waals surface area contributed by atoms with E-state index in [0.29, 0.717) is 5.69 Å². The van der Waals surface area contributed by atoms with E-state index in [-0.39, 0.29) is 10.8 Å². The lowest BCUT2D eigenvalue weighted by molar-refractivity contribution is 0.600. The normalized spacial score (nSPS) is 11.4. The van der Waals surface area contributed by atoms with Gasteiger partial charge in [-0.15, -0.1) is 0 Å². The summed E-state index contributed by atoms with van der Waals surface area (Å²) >= 11 is 0. The van der Waals surface area contributed by atoms with E-state index < -0.39 is 10.0 Å². The van der Waals surface area contributed by atoms with E-state index in [0.717, 1.165) is 0 Å². The van der Waals surface area contributed by atoms with Crippen LogP contribution in [0.4, 0.5) is 11.6 Å². The minimum absolute atomic E-state index is 0.0838. The van der Waals surface area contributed by atoms with Gasteiger partial charge < -0.3 is 5.73 Å². The lowest BCUT2D eigenvalue weighted by Gasteiger charge is -2.07. The zero-order valence-electron chi connectivity index (χ0n) is 9.03. The highest BCUT2D eigenvalue weighted by atomic mass is 32.2. The summed E-state index contributed by atoms with van der Waals surface area (Å²) in [6.45, 7) is 0. The fourth-order valence-corrected chi connectivity index (χ4v) is 2.34. The van der Waals surface area contributed by atoms with Crippen LogP contribution in [0.15, 0.2) is 35.5 Å². The maximum absolute atomic E-state index is 12.0. The average Bonchev–Trinajstić information content (AvgIpc) is 2.64. The molecular weight excluding hydrogens is 242 g/mol. The van der Waals surface area contributed by atoms with E-state index in [9.17, 15) is 8.42 Å². The molecule has 0 spiro atoms. The molecule has 0 saturated carbocycles. The molecule has 1 aromatic heterocycles. The number of nitrogen functional groups attached to an aromatic ring is 1. The van der Waals surface area contributed by atoms with E-state index >= 15 is 0 Å². The molecule has 1 aromatic carbocycles. The van der Waals surface area contributed by atoms with E-state index in [1.54, 1.807) is 19.2 Å². The second kappa shape index (κ2) is 4.06. The van der Waals surface area contributed by atoms with Crippen LogP contribution in [0.5, 0.6) is 0 Å². The van der Waals surface area contributed by atoms with Crippen molar-refractivity contribution in [2.45, 2.75) is 4.90 Å². The van der Waals surface area contributed by atoms with Crippen molar-refractivity contribution in [3.8, 4) is 0 Å². The third-order valence-electron chi connectivity index (χ3n) is 2.11. The molecule has 0 unspecified atom stereocenters. The summed E-state index contributed by atoms with van der Waals surface area (Å²) in [5.74, 6) is 0.146. The van der Waals surface area contributed by atoms with Crippen molar-refractivity contribution >= 4 is 21.7 Å². The first-order valence-corrected chi connectivity index (χ1v) is 6.20. The van der Waals surface area contributed by atoms with Gasteiger partial charge in [0.25, 0.3) is 10.0 Å². The second-order valence-electron chi connectivity index (χ2n) is 3.39. The lowest BCUT2D eigenvalue weighted by atomic mass is 10.3. The molecule has 0 saturated heterocycles. The number of aromatic nitrogens is 3. The average molecular weight is 253 g/mol. The second-order valence-corrected chi connectivity index (χ2v) is 5.07. The zero-order valence-corrected chi connectivity index (χ0v) is 9.85. The van der Waals surface area contributed by atoms with Gasteiger partial charge in [0, 0.05) is 12.7 Å². The molecule has 2 aromatic rings. The number of hydrogen-bond donors (Lipinski definition) is 2. The van der Waals surface area contributed by atoms with Gasteiger partial charge in [-0.2, -0.15) is 10.1 Å². The fraction of sp³-hybridized carbons (Fsp3) is 0.111. The first-order chi connectivity index (χ1) is 7.99. The molecule has 2 rings (SSSR count). The summed E-state index contributed by atoms with van der Waals surface area (Å²) in [7, 11) is -2.09. The van der Waals surface area contributed by atoms with Crippen LogP contribution in [-0.2, 0) is 17.1 Å². The maximum atomic E-state index is 12.0. The topological polar surface area (TPSA) is 103 Å². The minimum Gasteiger partial charge on any atom is -0.399 e. The zero-order chi connectivity index (χ0) is 12.5. The SMILES string of the molecule is Cn1ncnc1NS(=O)(=O)c1cccc(N)c1. The Labute approximate surface area is 98.3 Å². The third kappa shape index (κ3) is 2.36. The summed E-state index contributed by atoms with van der Waals surface area (Å²) in [5, 5.41) is 3.77. The lowest BCUT2D eigenvalue weighted by Crippen LogP contribution is -2.16. The molecule has 0 aliphatic heterocycles. The van der Waals surface area contributed by atoms with Crippen molar-refractivity contribution in [2.75, 3.05) is 10.5 Å². The Balaban J connectivity index is 2.35. The van der Waals surface area contributed by atoms with Crippen LogP contribution in [0, 0.1) is 0 Å². The van der Waals surface area contributed by atoms with Crippen molar-refractivity contribution in [2.24, 2.45) is 7.05 Å². The summed E-state index contributed by atoms with van der Waals surface area (Å²) < 4.78 is 27.6. The highest BCUT2D eigenvalue weighted by Crippen LogP contribution is 2.15. The summed E-state index contributed by atoms with van der Waals surface area (Å²) in [6, 6.07) is 6.01. The van der Waals surface area contributed by atoms with E-state index in [4.69, 9.17) is 5.73 Å². The Bertz CT molecular complexity index is 634. The predicted molar refractivity (Wildman–Crippen MR) is 62.7 cm³/mol. The number of aryl methyl sites for hydroxylation is 1. The largest absolute Gasteiger partial charge is 0.399 e. The van der Waals surface area contributed by atoms with Crippen molar-refractivity contribution in [1.82, 2.24) is 14.8 Å². The highest BCUT2D eigenvalue weighted by Gasteiger charge is 2.16. The van der Waals surface area contributed by atoms with Crippen LogP contribution in [0.2, 0.25) is 0 Å². The number of hydrogen-bond acceptors (Lipinski definition) is 5. The fourth-order valence-electron chi connectivity index (χ4n) is 1.25. The summed E-state index contributed by atoms with van der Waals surface area (Å²) in [6.07, 6.45) is 1.26. The molecule has 0 radical (unpaired) electrons. The molecule has 17 heavy (non-hydrogen) atoms. The van der Waals surface area contributed by atoms with E-state index in [2.05, 4.69) is 14.8 Å². The van der Waals surface area contributed by atoms with Gasteiger partial charge >= 0.3 is 0 Å². The number of anilines is 2. The molecule has 0 bridgehead atoms. The molecule has 0 amide bonds. The summed E-state index contributed by atoms with van der Waals surface area (Å²) in [5.41, 5.74) is 5.91. The standard InChI is InChI=1S/C9H11N5O2S/c1-14-9(11-6-12-14)13-17(15,16)8-4-2-3-7(10)5-8/h2-6H,10H2,1H3,(H,11,12,13). The van der Waals surface area contributed by atoms with Crippen molar-refractivity contribution in [3.63, 3.8) is 0 Å². The van der Waals surface area contributed by atoms with Crippen LogP contribution in [0.25, 0.3) is 0 Å². The number of benzene rings is 1. The Morgan fingerprint density at radius 2 is 2.18 bits per heavy atom. The highest BCUT2D eigenvalue weighted by molar-refractivity contribution is 7.92. The molecule has 0 aliphatic carbocycles. The van der Waals surface area contributed by atoms with E-state index in [1.807, 2.05) is 0 Å². The Kier molecular flexibility index (Phi) is 2.72. The number of nitrogens with two attached hydrogens (primary N) is 1. The maximum Gasteiger partial charge on any atom is 0.264 e. The van der Waals surface area contributed by atoms with Gasteiger partial charge in [0.1, 0.15) is 6.33 Å². The quantitative estimate of drug-likeness (QED) is 0.760. The first kappa shape index (κ1) is 11.4. The monoisotopic (exact) mass is 253 g/mol. The predicted octanol–water partition coefficient (Wildman–Crippen LogP) is 0.198. The van der Waals surface area contributed by atoms with E-state index in [1.165, 1.54) is 23.1 Å². The molecular formula is C9H11N5O2S. The Morgan fingerprint density at radius 1 is 1.41 bits per heavy atom. The number of nitrogens with zero attached hydrogens (tertiary/aromatic N) is 3. The van der Waals surface area contributed by atoms with Crippen LogP contribution in [-0.4, -0.2) is 23.2 Å². The molecule has 8 heteroatoms.